The molecule has 0 bridgehead atoms. The second kappa shape index (κ2) is 8.31. The summed E-state index contributed by atoms with van der Waals surface area (Å²) >= 11 is 0. The van der Waals surface area contributed by atoms with E-state index in [1.54, 1.807) is 36.5 Å². The number of hydrogen-bond acceptors (Lipinski definition) is 5. The van der Waals surface area contributed by atoms with Gasteiger partial charge in [0, 0.05) is 12.7 Å². The summed E-state index contributed by atoms with van der Waals surface area (Å²) in [6, 6.07) is 25.8. The zero-order valence-electron chi connectivity index (χ0n) is 17.0. The fraction of sp³-hybridized carbons (Fsp3) is 0.0400. The van der Waals surface area contributed by atoms with Gasteiger partial charge in [-0.05, 0) is 35.9 Å². The van der Waals surface area contributed by atoms with Gasteiger partial charge in [-0.3, -0.25) is 14.0 Å². The molecular formula is C25H19N5O2. The first-order valence-corrected chi connectivity index (χ1v) is 10.2. The number of nitrogens with zero attached hydrogens (tertiary/aromatic N) is 3. The lowest BCUT2D eigenvalue weighted by Gasteiger charge is -2.12. The third kappa shape index (κ3) is 3.79. The fourth-order valence-corrected chi connectivity index (χ4v) is 3.51. The molecule has 0 saturated heterocycles. The van der Waals surface area contributed by atoms with Gasteiger partial charge in [-0.2, -0.15) is 4.98 Å². The van der Waals surface area contributed by atoms with Crippen LogP contribution in [0.25, 0.3) is 16.7 Å². The zero-order chi connectivity index (χ0) is 21.9. The van der Waals surface area contributed by atoms with Gasteiger partial charge in [0.15, 0.2) is 0 Å². The van der Waals surface area contributed by atoms with Crippen LogP contribution in [0.2, 0.25) is 0 Å². The van der Waals surface area contributed by atoms with Crippen LogP contribution in [-0.4, -0.2) is 20.3 Å². The summed E-state index contributed by atoms with van der Waals surface area (Å²) in [5, 5.41) is 6.66. The number of rotatable bonds is 5. The molecule has 0 atom stereocenters. The summed E-state index contributed by atoms with van der Waals surface area (Å²) in [4.78, 5) is 34.5. The van der Waals surface area contributed by atoms with Crippen LogP contribution in [0.3, 0.4) is 0 Å². The molecule has 0 aliphatic heterocycles. The number of nitrogens with one attached hydrogen (secondary N) is 2. The normalized spacial score (nSPS) is 10.9. The minimum absolute atomic E-state index is 0.176. The molecule has 156 valence electrons. The van der Waals surface area contributed by atoms with E-state index in [1.807, 2.05) is 54.6 Å². The second-order valence-electron chi connectivity index (χ2n) is 7.26. The van der Waals surface area contributed by atoms with E-state index in [9.17, 15) is 9.59 Å². The minimum Gasteiger partial charge on any atom is -0.348 e. The Hall–Kier alpha value is -4.52. The van der Waals surface area contributed by atoms with E-state index in [2.05, 4.69) is 20.6 Å². The molecule has 5 aromatic rings. The van der Waals surface area contributed by atoms with Crippen molar-refractivity contribution in [2.24, 2.45) is 0 Å². The summed E-state index contributed by atoms with van der Waals surface area (Å²) in [7, 11) is 0. The van der Waals surface area contributed by atoms with E-state index in [0.717, 1.165) is 5.56 Å². The fourth-order valence-electron chi connectivity index (χ4n) is 3.51. The summed E-state index contributed by atoms with van der Waals surface area (Å²) in [5.74, 6) is 0.568. The Morgan fingerprint density at radius 3 is 2.47 bits per heavy atom. The highest BCUT2D eigenvalue weighted by atomic mass is 16.1. The maximum atomic E-state index is 12.8. The molecule has 0 saturated carbocycles. The van der Waals surface area contributed by atoms with E-state index in [0.29, 0.717) is 34.5 Å². The standard InChI is InChI=1S/C25H19N5O2/c31-23(26-16-17-8-2-1-3-9-17)18-10-4-6-12-20(18)27-22-14-15-30-24(32)19-11-5-7-13-21(19)28-25(30)29-22/h1-15H,16H2,(H,26,31)(H,27,28,29). The summed E-state index contributed by atoms with van der Waals surface area (Å²) in [5.41, 5.74) is 2.53. The van der Waals surface area contributed by atoms with Gasteiger partial charge in [0.05, 0.1) is 22.2 Å². The van der Waals surface area contributed by atoms with E-state index in [1.165, 1.54) is 4.40 Å². The van der Waals surface area contributed by atoms with Crippen molar-refractivity contribution in [1.29, 1.82) is 0 Å². The third-order valence-corrected chi connectivity index (χ3v) is 5.12. The van der Waals surface area contributed by atoms with Crippen LogP contribution >= 0.6 is 0 Å². The number of carbonyl (C=O) groups is 1. The van der Waals surface area contributed by atoms with Crippen molar-refractivity contribution in [2.45, 2.75) is 6.54 Å². The van der Waals surface area contributed by atoms with Crippen LogP contribution < -0.4 is 16.2 Å². The van der Waals surface area contributed by atoms with Crippen LogP contribution in [0.15, 0.2) is 95.9 Å². The van der Waals surface area contributed by atoms with Crippen LogP contribution in [0, 0.1) is 0 Å². The first-order valence-electron chi connectivity index (χ1n) is 10.2. The topological polar surface area (TPSA) is 88.4 Å². The Balaban J connectivity index is 1.43. The Labute approximate surface area is 183 Å². The van der Waals surface area contributed by atoms with Gasteiger partial charge in [-0.25, -0.2) is 4.98 Å². The monoisotopic (exact) mass is 421 g/mol. The molecule has 2 aromatic heterocycles. The largest absolute Gasteiger partial charge is 0.348 e. The number of anilines is 2. The Kier molecular flexibility index (Phi) is 5.05. The molecule has 7 heteroatoms. The average molecular weight is 421 g/mol. The number of hydrogen-bond donors (Lipinski definition) is 2. The predicted octanol–water partition coefficient (Wildman–Crippen LogP) is 3.92. The maximum Gasteiger partial charge on any atom is 0.266 e. The molecule has 0 fully saturated rings. The van der Waals surface area contributed by atoms with E-state index >= 15 is 0 Å². The molecule has 0 unspecified atom stereocenters. The molecule has 0 spiro atoms. The van der Waals surface area contributed by atoms with Crippen molar-refractivity contribution in [3.8, 4) is 0 Å². The smallest absolute Gasteiger partial charge is 0.266 e. The van der Waals surface area contributed by atoms with E-state index < -0.39 is 0 Å². The molecule has 32 heavy (non-hydrogen) atoms. The van der Waals surface area contributed by atoms with Crippen molar-refractivity contribution in [1.82, 2.24) is 19.7 Å². The minimum atomic E-state index is -0.196. The third-order valence-electron chi connectivity index (χ3n) is 5.12. The average Bonchev–Trinajstić information content (AvgIpc) is 2.83. The highest BCUT2D eigenvalue weighted by molar-refractivity contribution is 6.00. The number of fused-ring (bicyclic) bond motifs is 2. The highest BCUT2D eigenvalue weighted by Crippen LogP contribution is 2.20. The molecular weight excluding hydrogens is 402 g/mol. The number of carbonyl (C=O) groups excluding carboxylic acids is 1. The molecule has 2 N–H and O–H groups in total. The summed E-state index contributed by atoms with van der Waals surface area (Å²) < 4.78 is 1.41. The SMILES string of the molecule is O=C(NCc1ccccc1)c1ccccc1Nc1ccn2c(=O)c3ccccc3nc2n1. The quantitative estimate of drug-likeness (QED) is 0.420. The predicted molar refractivity (Wildman–Crippen MR) is 124 cm³/mol. The maximum absolute atomic E-state index is 12.8. The number of aromatic nitrogens is 3. The Morgan fingerprint density at radius 2 is 1.59 bits per heavy atom. The molecule has 0 aliphatic rings. The van der Waals surface area contributed by atoms with Crippen molar-refractivity contribution >= 4 is 34.1 Å². The van der Waals surface area contributed by atoms with Crippen molar-refractivity contribution < 1.29 is 4.79 Å². The number of para-hydroxylation sites is 2. The molecule has 5 rings (SSSR count). The summed E-state index contributed by atoms with van der Waals surface area (Å²) in [6.07, 6.45) is 1.63. The lowest BCUT2D eigenvalue weighted by atomic mass is 10.1. The Bertz CT molecular complexity index is 1500. The molecule has 0 aliphatic carbocycles. The molecule has 2 heterocycles. The lowest BCUT2D eigenvalue weighted by molar-refractivity contribution is 0.0951. The van der Waals surface area contributed by atoms with Gasteiger partial charge >= 0.3 is 0 Å². The number of amides is 1. The summed E-state index contributed by atoms with van der Waals surface area (Å²) in [6.45, 7) is 0.433. The van der Waals surface area contributed by atoms with Gasteiger partial charge in [-0.1, -0.05) is 54.6 Å². The van der Waals surface area contributed by atoms with E-state index in [-0.39, 0.29) is 17.2 Å². The first-order chi connectivity index (χ1) is 15.7. The van der Waals surface area contributed by atoms with Gasteiger partial charge in [0.25, 0.3) is 11.5 Å². The van der Waals surface area contributed by atoms with Crippen LogP contribution in [-0.2, 0) is 6.54 Å². The molecule has 3 aromatic carbocycles. The molecule has 7 nitrogen and oxygen atoms in total. The van der Waals surface area contributed by atoms with Gasteiger partial charge in [0.2, 0.25) is 5.78 Å². The molecule has 0 radical (unpaired) electrons. The molecule has 1 amide bonds. The second-order valence-corrected chi connectivity index (χ2v) is 7.26. The number of benzene rings is 3. The van der Waals surface area contributed by atoms with Crippen molar-refractivity contribution in [2.75, 3.05) is 5.32 Å². The van der Waals surface area contributed by atoms with Crippen LogP contribution in [0.4, 0.5) is 11.5 Å². The van der Waals surface area contributed by atoms with Gasteiger partial charge in [0.1, 0.15) is 5.82 Å². The van der Waals surface area contributed by atoms with Crippen molar-refractivity contribution in [3.05, 3.63) is 113 Å². The van der Waals surface area contributed by atoms with Crippen LogP contribution in [0.5, 0.6) is 0 Å². The van der Waals surface area contributed by atoms with Gasteiger partial charge in [-0.15, -0.1) is 0 Å². The Morgan fingerprint density at radius 1 is 0.844 bits per heavy atom. The lowest BCUT2D eigenvalue weighted by Crippen LogP contribution is -2.23. The van der Waals surface area contributed by atoms with Gasteiger partial charge < -0.3 is 10.6 Å². The zero-order valence-corrected chi connectivity index (χ0v) is 17.0. The van der Waals surface area contributed by atoms with E-state index in [4.69, 9.17) is 0 Å². The van der Waals surface area contributed by atoms with Crippen molar-refractivity contribution in [3.63, 3.8) is 0 Å². The first kappa shape index (κ1) is 19.4. The highest BCUT2D eigenvalue weighted by Gasteiger charge is 2.12. The van der Waals surface area contributed by atoms with Crippen LogP contribution in [0.1, 0.15) is 15.9 Å².